The van der Waals surface area contributed by atoms with Crippen LogP contribution in [0.4, 0.5) is 0 Å². The van der Waals surface area contributed by atoms with Crippen LogP contribution in [0, 0.1) is 0 Å². The maximum absolute atomic E-state index is 12.2. The Labute approximate surface area is 131 Å². The largest absolute Gasteiger partial charge is 0.497 e. The van der Waals surface area contributed by atoms with Crippen LogP contribution in [-0.4, -0.2) is 48.1 Å². The number of piperidine rings is 1. The van der Waals surface area contributed by atoms with Crippen LogP contribution in [0.5, 0.6) is 5.75 Å². The third-order valence-corrected chi connectivity index (χ3v) is 6.33. The Morgan fingerprint density at radius 3 is 2.95 bits per heavy atom. The molecule has 1 saturated heterocycles. The number of benzene rings is 1. The van der Waals surface area contributed by atoms with E-state index in [0.29, 0.717) is 19.3 Å². The van der Waals surface area contributed by atoms with Gasteiger partial charge in [0.25, 0.3) is 0 Å². The van der Waals surface area contributed by atoms with Crippen LogP contribution in [0.2, 0.25) is 0 Å². The fourth-order valence-electron chi connectivity index (χ4n) is 5.13. The lowest BCUT2D eigenvalue weighted by Gasteiger charge is -2.62. The average Bonchev–Trinajstić information content (AvgIpc) is 2.51. The lowest BCUT2D eigenvalue weighted by molar-refractivity contribution is -0.168. The van der Waals surface area contributed by atoms with Crippen molar-refractivity contribution in [1.82, 2.24) is 4.90 Å². The number of carbonyl (C=O) groups is 1. The molecule has 0 spiro atoms. The highest BCUT2D eigenvalue weighted by molar-refractivity contribution is 5.82. The van der Waals surface area contributed by atoms with Gasteiger partial charge in [-0.15, -0.1) is 0 Å². The molecule has 22 heavy (non-hydrogen) atoms. The minimum absolute atomic E-state index is 0.107. The molecule has 4 nitrogen and oxygen atoms in total. The van der Waals surface area contributed by atoms with E-state index in [2.05, 4.69) is 24.1 Å². The van der Waals surface area contributed by atoms with Crippen LogP contribution in [0.25, 0.3) is 0 Å². The summed E-state index contributed by atoms with van der Waals surface area (Å²) >= 11 is 0. The molecule has 1 heterocycles. The van der Waals surface area contributed by atoms with Crippen LogP contribution in [-0.2, 0) is 16.6 Å². The molecule has 4 heteroatoms. The van der Waals surface area contributed by atoms with Gasteiger partial charge in [0.1, 0.15) is 11.5 Å². The second-order valence-electron chi connectivity index (χ2n) is 7.20. The Balaban J connectivity index is 1.96. The van der Waals surface area contributed by atoms with Gasteiger partial charge in [0.05, 0.1) is 12.7 Å². The van der Waals surface area contributed by atoms with Crippen molar-refractivity contribution in [1.29, 1.82) is 0 Å². The molecule has 2 bridgehead atoms. The summed E-state index contributed by atoms with van der Waals surface area (Å²) in [5.74, 6) is 1.09. The van der Waals surface area contributed by atoms with Gasteiger partial charge >= 0.3 is 0 Å². The number of nitrogens with zero attached hydrogens (tertiary/aromatic N) is 1. The van der Waals surface area contributed by atoms with E-state index in [1.54, 1.807) is 7.11 Å². The first-order valence-corrected chi connectivity index (χ1v) is 8.12. The average molecular weight is 301 g/mol. The first-order valence-electron chi connectivity index (χ1n) is 8.12. The maximum atomic E-state index is 12.2. The van der Waals surface area contributed by atoms with E-state index in [0.717, 1.165) is 30.7 Å². The molecule has 1 aromatic carbocycles. The predicted octanol–water partition coefficient (Wildman–Crippen LogP) is 1.68. The summed E-state index contributed by atoms with van der Waals surface area (Å²) in [5, 5.41) is 11.6. The molecule has 1 aromatic rings. The summed E-state index contributed by atoms with van der Waals surface area (Å²) in [5.41, 5.74) is 1.18. The zero-order valence-corrected chi connectivity index (χ0v) is 13.3. The molecule has 1 aliphatic heterocycles. The smallest absolute Gasteiger partial charge is 0.134 e. The molecule has 1 N–H and O–H groups in total. The van der Waals surface area contributed by atoms with E-state index in [-0.39, 0.29) is 11.8 Å². The minimum Gasteiger partial charge on any atom is -0.497 e. The fraction of sp³-hybridized carbons (Fsp3) is 0.611. The molecule has 3 atom stereocenters. The molecule has 1 unspecified atom stereocenters. The van der Waals surface area contributed by atoms with Crippen LogP contribution < -0.4 is 4.74 Å². The van der Waals surface area contributed by atoms with Crippen LogP contribution in [0.15, 0.2) is 18.2 Å². The molecule has 2 aliphatic carbocycles. The molecule has 3 aliphatic rings. The monoisotopic (exact) mass is 301 g/mol. The topological polar surface area (TPSA) is 49.8 Å². The number of ether oxygens (including phenoxy) is 1. The summed E-state index contributed by atoms with van der Waals surface area (Å²) < 4.78 is 5.40. The van der Waals surface area contributed by atoms with Crippen LogP contribution in [0.1, 0.15) is 36.8 Å². The van der Waals surface area contributed by atoms with Crippen molar-refractivity contribution in [3.05, 3.63) is 29.3 Å². The maximum Gasteiger partial charge on any atom is 0.134 e. The Kier molecular flexibility index (Phi) is 2.94. The summed E-state index contributed by atoms with van der Waals surface area (Å²) in [6.45, 7) is 0.927. The lowest BCUT2D eigenvalue weighted by Crippen LogP contribution is -2.72. The lowest BCUT2D eigenvalue weighted by atomic mass is 9.49. The molecular weight excluding hydrogens is 278 g/mol. The van der Waals surface area contributed by atoms with Crippen molar-refractivity contribution in [2.75, 3.05) is 20.7 Å². The highest BCUT2D eigenvalue weighted by Gasteiger charge is 2.64. The summed E-state index contributed by atoms with van der Waals surface area (Å²) in [6, 6.07) is 6.26. The van der Waals surface area contributed by atoms with Gasteiger partial charge in [-0.25, -0.2) is 0 Å². The number of methoxy groups -OCH3 is 1. The van der Waals surface area contributed by atoms with E-state index < -0.39 is 11.0 Å². The number of likely N-dealkylation sites (N-methyl/N-ethyl adjacent to an activating group) is 1. The molecule has 1 saturated carbocycles. The van der Waals surface area contributed by atoms with Crippen molar-refractivity contribution in [2.24, 2.45) is 0 Å². The Bertz CT molecular complexity index is 643. The van der Waals surface area contributed by atoms with Crippen molar-refractivity contribution in [2.45, 2.75) is 49.2 Å². The number of rotatable bonds is 1. The number of Topliss-reactive ketones (excluding diaryl/α,β-unsaturated/α-hetero) is 1. The van der Waals surface area contributed by atoms with Gasteiger partial charge in [-0.1, -0.05) is 6.07 Å². The van der Waals surface area contributed by atoms with Crippen molar-refractivity contribution >= 4 is 5.78 Å². The van der Waals surface area contributed by atoms with Crippen molar-refractivity contribution < 1.29 is 14.6 Å². The van der Waals surface area contributed by atoms with Crippen LogP contribution in [0.3, 0.4) is 0 Å². The molecule has 2 fully saturated rings. The summed E-state index contributed by atoms with van der Waals surface area (Å²) in [6.07, 6.45) is 3.23. The SMILES string of the molecule is COc1ccc2c(c1)C13CCN(C)[C@H](C2)[C@]1(O)CCC(=O)C3. The molecule has 118 valence electrons. The summed E-state index contributed by atoms with van der Waals surface area (Å²) in [7, 11) is 3.76. The van der Waals surface area contributed by atoms with Gasteiger partial charge in [0.2, 0.25) is 0 Å². The summed E-state index contributed by atoms with van der Waals surface area (Å²) in [4.78, 5) is 14.5. The molecule has 0 aromatic heterocycles. The number of ketones is 1. The third-order valence-electron chi connectivity index (χ3n) is 6.33. The van der Waals surface area contributed by atoms with Gasteiger partial charge in [0.15, 0.2) is 0 Å². The van der Waals surface area contributed by atoms with Crippen LogP contribution >= 0.6 is 0 Å². The molecular formula is C18H23NO3. The predicted molar refractivity (Wildman–Crippen MR) is 83.2 cm³/mol. The number of hydrogen-bond donors (Lipinski definition) is 1. The molecule has 4 rings (SSSR count). The van der Waals surface area contributed by atoms with E-state index in [1.165, 1.54) is 5.56 Å². The zero-order chi connectivity index (χ0) is 15.5. The standard InChI is InChI=1S/C18H23NO3/c1-19-8-7-17-11-13(20)5-6-18(17,21)16(19)9-12-3-4-14(22-2)10-15(12)17/h3-4,10,16,21H,5-9,11H2,1-2H3/t16-,17?,18-/m1/s1. The number of aliphatic hydroxyl groups is 1. The van der Waals surface area contributed by atoms with Gasteiger partial charge in [-0.3, -0.25) is 4.79 Å². The van der Waals surface area contributed by atoms with E-state index >= 15 is 0 Å². The van der Waals surface area contributed by atoms with Gasteiger partial charge in [-0.05, 0) is 56.1 Å². The highest BCUT2D eigenvalue weighted by atomic mass is 16.5. The van der Waals surface area contributed by atoms with Gasteiger partial charge in [0, 0.05) is 24.3 Å². The fourth-order valence-corrected chi connectivity index (χ4v) is 5.13. The Morgan fingerprint density at radius 1 is 1.36 bits per heavy atom. The van der Waals surface area contributed by atoms with E-state index in [4.69, 9.17) is 4.74 Å². The van der Waals surface area contributed by atoms with Crippen molar-refractivity contribution in [3.8, 4) is 5.75 Å². The van der Waals surface area contributed by atoms with Gasteiger partial charge in [-0.2, -0.15) is 0 Å². The van der Waals surface area contributed by atoms with Gasteiger partial charge < -0.3 is 14.7 Å². The second-order valence-corrected chi connectivity index (χ2v) is 7.20. The van der Waals surface area contributed by atoms with E-state index in [9.17, 15) is 9.90 Å². The third kappa shape index (κ3) is 1.62. The number of carbonyl (C=O) groups excluding carboxylic acids is 1. The zero-order valence-electron chi connectivity index (χ0n) is 13.3. The molecule has 0 radical (unpaired) electrons. The Morgan fingerprint density at radius 2 is 2.18 bits per heavy atom. The number of fused-ring (bicyclic) bond motifs is 1. The first kappa shape index (κ1) is 14.2. The van der Waals surface area contributed by atoms with Crippen molar-refractivity contribution in [3.63, 3.8) is 0 Å². The number of hydrogen-bond acceptors (Lipinski definition) is 4. The normalized spacial score (nSPS) is 37.4. The second kappa shape index (κ2) is 4.56. The Hall–Kier alpha value is -1.39. The quantitative estimate of drug-likeness (QED) is 0.857. The first-order chi connectivity index (χ1) is 10.5. The van der Waals surface area contributed by atoms with E-state index in [1.807, 2.05) is 6.07 Å². The molecule has 0 amide bonds. The highest BCUT2D eigenvalue weighted by Crippen LogP contribution is 2.57. The number of likely N-dealkylation sites (tertiary alicyclic amines) is 1. The minimum atomic E-state index is -0.798.